The fourth-order valence-electron chi connectivity index (χ4n) is 1.80. The number of aromatic carboxylic acids is 1. The first-order chi connectivity index (χ1) is 9.86. The summed E-state index contributed by atoms with van der Waals surface area (Å²) in [6.07, 6.45) is 0. The third-order valence-corrected chi connectivity index (χ3v) is 3.90. The van der Waals surface area contributed by atoms with Gasteiger partial charge in [-0.1, -0.05) is 29.8 Å². The number of pyridine rings is 1. The third kappa shape index (κ3) is 3.82. The van der Waals surface area contributed by atoms with Crippen LogP contribution in [0, 0.1) is 6.92 Å². The highest BCUT2D eigenvalue weighted by atomic mass is 79.9. The van der Waals surface area contributed by atoms with Crippen molar-refractivity contribution in [1.82, 2.24) is 4.98 Å². The van der Waals surface area contributed by atoms with Crippen LogP contribution in [0.15, 0.2) is 34.8 Å². The molecular formula is C16H16BrNO3. The molecule has 0 saturated heterocycles. The van der Waals surface area contributed by atoms with Gasteiger partial charge in [0.1, 0.15) is 5.75 Å². The zero-order valence-electron chi connectivity index (χ0n) is 12.1. The summed E-state index contributed by atoms with van der Waals surface area (Å²) < 4.78 is 6.69. The zero-order valence-corrected chi connectivity index (χ0v) is 13.6. The van der Waals surface area contributed by atoms with E-state index in [1.165, 1.54) is 6.07 Å². The van der Waals surface area contributed by atoms with Gasteiger partial charge in [0.05, 0.1) is 5.56 Å². The first kappa shape index (κ1) is 15.5. The second-order valence-electron chi connectivity index (χ2n) is 5.09. The Bertz CT molecular complexity index is 683. The number of carboxylic acid groups (broad SMARTS) is 1. The fraction of sp³-hybridized carbons (Fsp3) is 0.250. The van der Waals surface area contributed by atoms with Crippen LogP contribution in [0.5, 0.6) is 11.6 Å². The Hall–Kier alpha value is -1.88. The number of aryl methyl sites for hydroxylation is 1. The maximum atomic E-state index is 11.2. The summed E-state index contributed by atoms with van der Waals surface area (Å²) in [6.45, 7) is 5.88. The molecule has 1 aromatic heterocycles. The van der Waals surface area contributed by atoms with Crippen molar-refractivity contribution in [2.24, 2.45) is 0 Å². The molecule has 0 aliphatic rings. The van der Waals surface area contributed by atoms with Gasteiger partial charge in [-0.25, -0.2) is 9.78 Å². The molecule has 2 aromatic rings. The van der Waals surface area contributed by atoms with Crippen LogP contribution < -0.4 is 4.74 Å². The molecule has 0 fully saturated rings. The number of rotatable bonds is 4. The van der Waals surface area contributed by atoms with Gasteiger partial charge in [0.15, 0.2) is 0 Å². The molecule has 0 bridgehead atoms. The Morgan fingerprint density at radius 1 is 1.29 bits per heavy atom. The number of nitrogens with zero attached hydrogens (tertiary/aromatic N) is 1. The highest BCUT2D eigenvalue weighted by Gasteiger charge is 2.12. The lowest BCUT2D eigenvalue weighted by molar-refractivity contribution is 0.0696. The summed E-state index contributed by atoms with van der Waals surface area (Å²) in [5, 5.41) is 9.17. The van der Waals surface area contributed by atoms with Gasteiger partial charge in [0.25, 0.3) is 0 Å². The lowest BCUT2D eigenvalue weighted by atomic mass is 10.1. The lowest BCUT2D eigenvalue weighted by Gasteiger charge is -2.11. The second-order valence-corrected chi connectivity index (χ2v) is 5.95. The smallest absolute Gasteiger partial charge is 0.335 e. The van der Waals surface area contributed by atoms with E-state index in [1.54, 1.807) is 12.1 Å². The van der Waals surface area contributed by atoms with Gasteiger partial charge >= 0.3 is 5.97 Å². The van der Waals surface area contributed by atoms with Gasteiger partial charge in [-0.2, -0.15) is 0 Å². The van der Waals surface area contributed by atoms with E-state index < -0.39 is 5.97 Å². The van der Waals surface area contributed by atoms with E-state index in [2.05, 4.69) is 20.9 Å². The molecule has 0 amide bonds. The molecule has 0 spiro atoms. The second kappa shape index (κ2) is 6.26. The van der Waals surface area contributed by atoms with Gasteiger partial charge in [-0.3, -0.25) is 0 Å². The fourth-order valence-corrected chi connectivity index (χ4v) is 2.05. The highest BCUT2D eigenvalue weighted by molar-refractivity contribution is 9.10. The number of carbonyl (C=O) groups is 1. The van der Waals surface area contributed by atoms with Crippen molar-refractivity contribution in [3.05, 3.63) is 51.6 Å². The Labute approximate surface area is 131 Å². The molecule has 1 aromatic carbocycles. The van der Waals surface area contributed by atoms with E-state index in [0.29, 0.717) is 17.3 Å². The maximum Gasteiger partial charge on any atom is 0.335 e. The van der Waals surface area contributed by atoms with Gasteiger partial charge in [-0.15, -0.1) is 0 Å². The Balaban J connectivity index is 2.38. The molecule has 1 N–H and O–H groups in total. The summed E-state index contributed by atoms with van der Waals surface area (Å²) in [5.74, 6) is 0.0511. The van der Waals surface area contributed by atoms with Crippen LogP contribution in [0.3, 0.4) is 0 Å². The van der Waals surface area contributed by atoms with Crippen molar-refractivity contribution in [1.29, 1.82) is 0 Å². The number of hydrogen-bond acceptors (Lipinski definition) is 3. The molecule has 21 heavy (non-hydrogen) atoms. The van der Waals surface area contributed by atoms with Crippen LogP contribution in [0.25, 0.3) is 0 Å². The number of hydrogen-bond donors (Lipinski definition) is 1. The van der Waals surface area contributed by atoms with Crippen LogP contribution in [0.4, 0.5) is 0 Å². The lowest BCUT2D eigenvalue weighted by Crippen LogP contribution is -2.03. The summed E-state index contributed by atoms with van der Waals surface area (Å²) in [4.78, 5) is 15.6. The number of halogens is 1. The molecule has 0 aliphatic carbocycles. The molecule has 0 unspecified atom stereocenters. The van der Waals surface area contributed by atoms with Gasteiger partial charge in [-0.05, 0) is 42.7 Å². The SMILES string of the molecule is Cc1cc(Oc2cc(C(=O)O)cc(C(C)C)n2)ccc1Br. The predicted molar refractivity (Wildman–Crippen MR) is 84.2 cm³/mol. The summed E-state index contributed by atoms with van der Waals surface area (Å²) in [7, 11) is 0. The van der Waals surface area contributed by atoms with E-state index in [0.717, 1.165) is 10.0 Å². The van der Waals surface area contributed by atoms with Gasteiger partial charge in [0, 0.05) is 16.2 Å². The van der Waals surface area contributed by atoms with Crippen LogP contribution in [-0.2, 0) is 0 Å². The van der Waals surface area contributed by atoms with Crippen LogP contribution in [0.2, 0.25) is 0 Å². The average molecular weight is 350 g/mol. The molecule has 0 radical (unpaired) electrons. The van der Waals surface area contributed by atoms with Crippen molar-refractivity contribution in [2.45, 2.75) is 26.7 Å². The molecule has 2 rings (SSSR count). The van der Waals surface area contributed by atoms with Gasteiger partial charge in [0.2, 0.25) is 5.88 Å². The van der Waals surface area contributed by atoms with Crippen LogP contribution in [0.1, 0.15) is 41.4 Å². The molecule has 110 valence electrons. The summed E-state index contributed by atoms with van der Waals surface area (Å²) in [5.41, 5.74) is 1.90. The van der Waals surface area contributed by atoms with Crippen LogP contribution in [-0.4, -0.2) is 16.1 Å². The Kier molecular flexibility index (Phi) is 4.63. The minimum atomic E-state index is -0.990. The standard InChI is InChI=1S/C16H16BrNO3/c1-9(2)14-7-11(16(19)20)8-15(18-14)21-12-4-5-13(17)10(3)6-12/h4-9H,1-3H3,(H,19,20). The molecule has 4 nitrogen and oxygen atoms in total. The van der Waals surface area contributed by atoms with E-state index in [4.69, 9.17) is 4.74 Å². The molecule has 1 heterocycles. The Morgan fingerprint density at radius 2 is 2.00 bits per heavy atom. The quantitative estimate of drug-likeness (QED) is 0.863. The first-order valence-corrected chi connectivity index (χ1v) is 7.35. The molecule has 5 heteroatoms. The van der Waals surface area contributed by atoms with Crippen LogP contribution >= 0.6 is 15.9 Å². The summed E-state index contributed by atoms with van der Waals surface area (Å²) >= 11 is 3.43. The normalized spacial score (nSPS) is 10.7. The summed E-state index contributed by atoms with van der Waals surface area (Å²) in [6, 6.07) is 8.57. The molecule has 0 saturated carbocycles. The minimum absolute atomic E-state index is 0.123. The predicted octanol–water partition coefficient (Wildman–Crippen LogP) is 4.77. The number of benzene rings is 1. The third-order valence-electron chi connectivity index (χ3n) is 3.01. The van der Waals surface area contributed by atoms with Crippen molar-refractivity contribution in [3.8, 4) is 11.6 Å². The average Bonchev–Trinajstić information content (AvgIpc) is 2.42. The largest absolute Gasteiger partial charge is 0.478 e. The number of carboxylic acids is 1. The maximum absolute atomic E-state index is 11.2. The Morgan fingerprint density at radius 3 is 2.57 bits per heavy atom. The van der Waals surface area contributed by atoms with Crippen molar-refractivity contribution in [2.75, 3.05) is 0 Å². The first-order valence-electron chi connectivity index (χ1n) is 6.56. The number of ether oxygens (including phenoxy) is 1. The monoisotopic (exact) mass is 349 g/mol. The zero-order chi connectivity index (χ0) is 15.6. The number of aromatic nitrogens is 1. The van der Waals surface area contributed by atoms with Gasteiger partial charge < -0.3 is 9.84 Å². The molecular weight excluding hydrogens is 334 g/mol. The van der Waals surface area contributed by atoms with Crippen molar-refractivity contribution < 1.29 is 14.6 Å². The van der Waals surface area contributed by atoms with Crippen molar-refractivity contribution >= 4 is 21.9 Å². The van der Waals surface area contributed by atoms with E-state index in [-0.39, 0.29) is 11.5 Å². The van der Waals surface area contributed by atoms with E-state index >= 15 is 0 Å². The topological polar surface area (TPSA) is 59.4 Å². The molecule has 0 aliphatic heterocycles. The van der Waals surface area contributed by atoms with E-state index in [1.807, 2.05) is 32.9 Å². The minimum Gasteiger partial charge on any atom is -0.478 e. The molecule has 0 atom stereocenters. The highest BCUT2D eigenvalue weighted by Crippen LogP contribution is 2.27. The van der Waals surface area contributed by atoms with E-state index in [9.17, 15) is 9.90 Å². The van der Waals surface area contributed by atoms with Crippen molar-refractivity contribution in [3.63, 3.8) is 0 Å².